The van der Waals surface area contributed by atoms with Gasteiger partial charge >= 0.3 is 12.3 Å². The second-order valence-electron chi connectivity index (χ2n) is 9.66. The molecule has 2 unspecified atom stereocenters. The van der Waals surface area contributed by atoms with Crippen LogP contribution in [0.2, 0.25) is 0 Å². The van der Waals surface area contributed by atoms with Gasteiger partial charge in [0.2, 0.25) is 0 Å². The maximum absolute atomic E-state index is 13.3. The molecule has 11 heteroatoms. The first-order chi connectivity index (χ1) is 16.0. The summed E-state index contributed by atoms with van der Waals surface area (Å²) in [6.07, 6.45) is -1.71. The molecular weight excluding hydrogens is 485 g/mol. The van der Waals surface area contributed by atoms with Crippen LogP contribution in [-0.4, -0.2) is 42.9 Å². The van der Waals surface area contributed by atoms with E-state index in [4.69, 9.17) is 0 Å². The molecule has 3 heterocycles. The lowest BCUT2D eigenvalue weighted by atomic mass is 9.76. The van der Waals surface area contributed by atoms with Crippen molar-refractivity contribution in [1.82, 2.24) is 4.68 Å². The standard InChI is InChI=1S/C24H23F3N2O5S/c1-22(2)11-18-14-8-13(6-7-23(3,4)35(5)33)20(34-24(25,26)27)9-15(14)17-10-19(30)16(21(31)32)12-28(17)29(18)22/h8-10,12,18H,11H2,1-5H3,(H,31,32). The van der Waals surface area contributed by atoms with Crippen molar-refractivity contribution in [2.45, 2.75) is 56.8 Å². The Bertz CT molecular complexity index is 1400. The molecule has 2 aliphatic rings. The normalized spacial score (nSPS) is 18.7. The summed E-state index contributed by atoms with van der Waals surface area (Å²) < 4.78 is 56.6. The average molecular weight is 509 g/mol. The fourth-order valence-electron chi connectivity index (χ4n) is 4.40. The van der Waals surface area contributed by atoms with Gasteiger partial charge in [0, 0.05) is 34.9 Å². The molecule has 2 aromatic rings. The number of carboxylic acids is 1. The van der Waals surface area contributed by atoms with Gasteiger partial charge in [-0.15, -0.1) is 13.2 Å². The van der Waals surface area contributed by atoms with Crippen LogP contribution in [0, 0.1) is 11.8 Å². The van der Waals surface area contributed by atoms with E-state index in [1.165, 1.54) is 29.3 Å². The van der Waals surface area contributed by atoms with E-state index in [9.17, 15) is 32.1 Å². The summed E-state index contributed by atoms with van der Waals surface area (Å²) in [7, 11) is -1.36. The van der Waals surface area contributed by atoms with Gasteiger partial charge in [-0.05, 0) is 51.8 Å². The molecule has 0 amide bonds. The molecule has 7 nitrogen and oxygen atoms in total. The second kappa shape index (κ2) is 7.88. The lowest BCUT2D eigenvalue weighted by Gasteiger charge is -2.60. The summed E-state index contributed by atoms with van der Waals surface area (Å²) in [5.74, 6) is 3.54. The highest BCUT2D eigenvalue weighted by Gasteiger charge is 2.50. The van der Waals surface area contributed by atoms with Gasteiger partial charge in [-0.25, -0.2) is 4.79 Å². The number of ether oxygens (including phenoxy) is 1. The van der Waals surface area contributed by atoms with Crippen LogP contribution in [0.4, 0.5) is 13.2 Å². The second-order valence-corrected chi connectivity index (χ2v) is 11.6. The molecule has 0 saturated carbocycles. The largest absolute Gasteiger partial charge is 0.573 e. The van der Waals surface area contributed by atoms with Crippen LogP contribution in [-0.2, 0) is 10.8 Å². The molecule has 0 aliphatic carbocycles. The topological polar surface area (TPSA) is 88.8 Å². The molecule has 1 saturated heterocycles. The zero-order chi connectivity index (χ0) is 26.1. The third-order valence-corrected chi connectivity index (χ3v) is 7.87. The van der Waals surface area contributed by atoms with Crippen LogP contribution in [0.15, 0.2) is 29.2 Å². The Kier molecular flexibility index (Phi) is 5.60. The molecule has 1 fully saturated rings. The molecule has 2 atom stereocenters. The number of nitrogens with zero attached hydrogens (tertiary/aromatic N) is 2. The molecule has 0 bridgehead atoms. The van der Waals surface area contributed by atoms with E-state index in [1.54, 1.807) is 13.8 Å². The number of carboxylic acid groups (broad SMARTS) is 1. The van der Waals surface area contributed by atoms with Crippen molar-refractivity contribution >= 4 is 16.8 Å². The van der Waals surface area contributed by atoms with Crippen LogP contribution in [0.5, 0.6) is 5.75 Å². The maximum atomic E-state index is 13.3. The van der Waals surface area contributed by atoms with Crippen LogP contribution in [0.1, 0.15) is 61.6 Å². The molecule has 4 rings (SSSR count). The lowest BCUT2D eigenvalue weighted by Crippen LogP contribution is -2.65. The number of rotatable bonds is 3. The Morgan fingerprint density at radius 3 is 2.46 bits per heavy atom. The number of aromatic carboxylic acids is 1. The summed E-state index contributed by atoms with van der Waals surface area (Å²) in [5, 5.41) is 11.3. The first kappa shape index (κ1) is 24.9. The lowest BCUT2D eigenvalue weighted by molar-refractivity contribution is -0.274. The molecule has 1 aromatic carbocycles. The summed E-state index contributed by atoms with van der Waals surface area (Å²) in [6.45, 7) is 7.13. The Morgan fingerprint density at radius 2 is 1.91 bits per heavy atom. The Labute approximate surface area is 201 Å². The Morgan fingerprint density at radius 1 is 1.26 bits per heavy atom. The van der Waals surface area contributed by atoms with E-state index in [-0.39, 0.29) is 17.3 Å². The average Bonchev–Trinajstić information content (AvgIpc) is 2.70. The quantitative estimate of drug-likeness (QED) is 0.635. The third-order valence-electron chi connectivity index (χ3n) is 6.33. The smallest absolute Gasteiger partial charge is 0.477 e. The Hall–Kier alpha value is -3.26. The zero-order valence-corrected chi connectivity index (χ0v) is 20.4. The van der Waals surface area contributed by atoms with E-state index in [1.807, 2.05) is 18.9 Å². The van der Waals surface area contributed by atoms with Crippen molar-refractivity contribution in [2.75, 3.05) is 11.3 Å². The van der Waals surface area contributed by atoms with Crippen LogP contribution in [0.3, 0.4) is 0 Å². The van der Waals surface area contributed by atoms with Gasteiger partial charge in [0.25, 0.3) is 0 Å². The fourth-order valence-corrected chi connectivity index (χ4v) is 4.60. The first-order valence-electron chi connectivity index (χ1n) is 10.6. The first-order valence-corrected chi connectivity index (χ1v) is 12.2. The van der Waals surface area contributed by atoms with E-state index in [2.05, 4.69) is 16.6 Å². The highest BCUT2D eigenvalue weighted by atomic mass is 32.2. The van der Waals surface area contributed by atoms with Crippen LogP contribution in [0.25, 0.3) is 11.3 Å². The number of hydrogen-bond acceptors (Lipinski definition) is 5. The number of alkyl halides is 3. The van der Waals surface area contributed by atoms with Crippen molar-refractivity contribution in [1.29, 1.82) is 0 Å². The predicted molar refractivity (Wildman–Crippen MR) is 124 cm³/mol. The van der Waals surface area contributed by atoms with E-state index >= 15 is 0 Å². The number of benzene rings is 1. The van der Waals surface area contributed by atoms with Gasteiger partial charge in [-0.1, -0.05) is 11.8 Å². The van der Waals surface area contributed by atoms with Crippen molar-refractivity contribution in [3.05, 3.63) is 51.3 Å². The zero-order valence-electron chi connectivity index (χ0n) is 19.6. The number of hydrogen-bond donors (Lipinski definition) is 1. The van der Waals surface area contributed by atoms with E-state index in [0.29, 0.717) is 17.5 Å². The van der Waals surface area contributed by atoms with E-state index < -0.39 is 50.2 Å². The van der Waals surface area contributed by atoms with Gasteiger partial charge in [-0.3, -0.25) is 18.7 Å². The molecule has 2 aliphatic heterocycles. The number of fused-ring (bicyclic) bond motifs is 6. The summed E-state index contributed by atoms with van der Waals surface area (Å²) in [5.41, 5.74) is -0.429. The minimum atomic E-state index is -5.00. The van der Waals surface area contributed by atoms with Crippen molar-refractivity contribution in [3.8, 4) is 28.8 Å². The fraction of sp³-hybridized carbons (Fsp3) is 0.417. The Balaban J connectivity index is 1.99. The van der Waals surface area contributed by atoms with Gasteiger partial charge < -0.3 is 9.84 Å². The molecule has 1 aromatic heterocycles. The van der Waals surface area contributed by atoms with Crippen molar-refractivity contribution in [2.24, 2.45) is 0 Å². The minimum Gasteiger partial charge on any atom is -0.477 e. The summed E-state index contributed by atoms with van der Waals surface area (Å²) in [4.78, 5) is 24.1. The van der Waals surface area contributed by atoms with Crippen LogP contribution < -0.4 is 15.2 Å². The van der Waals surface area contributed by atoms with Crippen LogP contribution >= 0.6 is 0 Å². The molecule has 0 spiro atoms. The highest BCUT2D eigenvalue weighted by molar-refractivity contribution is 7.85. The van der Waals surface area contributed by atoms with Gasteiger partial charge in [0.05, 0.1) is 22.8 Å². The molecule has 0 radical (unpaired) electrons. The minimum absolute atomic E-state index is 0.0257. The molecule has 186 valence electrons. The summed E-state index contributed by atoms with van der Waals surface area (Å²) >= 11 is 0. The van der Waals surface area contributed by atoms with Gasteiger partial charge in [0.15, 0.2) is 5.43 Å². The number of aromatic nitrogens is 1. The predicted octanol–water partition coefficient (Wildman–Crippen LogP) is 3.80. The van der Waals surface area contributed by atoms with Gasteiger partial charge in [-0.2, -0.15) is 0 Å². The van der Waals surface area contributed by atoms with Crippen molar-refractivity contribution in [3.63, 3.8) is 0 Å². The highest BCUT2D eigenvalue weighted by Crippen LogP contribution is 2.52. The van der Waals surface area contributed by atoms with Gasteiger partial charge in [0.1, 0.15) is 16.1 Å². The monoisotopic (exact) mass is 508 g/mol. The number of carbonyl (C=O) groups is 1. The number of halogens is 3. The molecular formula is C24H23F3N2O5S. The van der Waals surface area contributed by atoms with E-state index in [0.717, 1.165) is 6.07 Å². The van der Waals surface area contributed by atoms with Crippen molar-refractivity contribution < 1.29 is 32.0 Å². The SMILES string of the molecule is CS(=O)C(C)(C)C#Cc1cc2c(cc1OC(F)(F)F)-c1cc(=O)c(C(=O)O)cn1N1C2CC1(C)C. The summed E-state index contributed by atoms with van der Waals surface area (Å²) in [6, 6.07) is 3.51. The maximum Gasteiger partial charge on any atom is 0.573 e. The number of pyridine rings is 1. The third kappa shape index (κ3) is 4.31. The molecule has 1 N–H and O–H groups in total. The molecule has 35 heavy (non-hydrogen) atoms.